The molecular formula is C19H20BN3O5. The van der Waals surface area contributed by atoms with E-state index in [1.807, 2.05) is 37.3 Å². The molecule has 0 unspecified atom stereocenters. The molecule has 2 aromatic carbocycles. The Kier molecular flexibility index (Phi) is 5.77. The van der Waals surface area contributed by atoms with Crippen LogP contribution >= 0.6 is 0 Å². The van der Waals surface area contributed by atoms with Crippen molar-refractivity contribution in [1.29, 1.82) is 0 Å². The summed E-state index contributed by atoms with van der Waals surface area (Å²) in [4.78, 5) is 8.36. The van der Waals surface area contributed by atoms with Crippen molar-refractivity contribution in [1.82, 2.24) is 10.2 Å². The SMILES string of the molecule is COc1cc2c(cc1-c1ccc3c(N)nnc(C)c3c1)B(O)OCC2.O=CO. The Labute approximate surface area is 162 Å². The number of hydrogen-bond donors (Lipinski definition) is 3. The van der Waals surface area contributed by atoms with Gasteiger partial charge in [-0.3, -0.25) is 4.79 Å². The summed E-state index contributed by atoms with van der Waals surface area (Å²) in [6.45, 7) is 2.16. The van der Waals surface area contributed by atoms with Crippen LogP contribution in [0.4, 0.5) is 5.82 Å². The highest BCUT2D eigenvalue weighted by atomic mass is 16.5. The Balaban J connectivity index is 0.000000706. The second-order valence-corrected chi connectivity index (χ2v) is 6.26. The number of nitrogens with zero attached hydrogens (tertiary/aromatic N) is 2. The van der Waals surface area contributed by atoms with Crippen molar-refractivity contribution in [3.63, 3.8) is 0 Å². The fraction of sp³-hybridized carbons (Fsp3) is 0.211. The number of carbonyl (C=O) groups is 1. The highest BCUT2D eigenvalue weighted by molar-refractivity contribution is 6.61. The first kappa shape index (κ1) is 19.6. The van der Waals surface area contributed by atoms with Crippen LogP contribution in [0.3, 0.4) is 0 Å². The van der Waals surface area contributed by atoms with Gasteiger partial charge in [-0.05, 0) is 48.1 Å². The number of fused-ring (bicyclic) bond motifs is 2. The number of aromatic nitrogens is 2. The Hall–Kier alpha value is -3.17. The smallest absolute Gasteiger partial charge is 0.491 e. The van der Waals surface area contributed by atoms with E-state index in [0.717, 1.165) is 50.8 Å². The van der Waals surface area contributed by atoms with E-state index in [4.69, 9.17) is 25.0 Å². The van der Waals surface area contributed by atoms with Gasteiger partial charge in [0, 0.05) is 22.9 Å². The molecule has 0 aliphatic carbocycles. The molecule has 0 saturated carbocycles. The number of aryl methyl sites for hydroxylation is 1. The number of nitrogens with two attached hydrogens (primary N) is 1. The Morgan fingerprint density at radius 3 is 2.71 bits per heavy atom. The molecule has 0 amide bonds. The second kappa shape index (κ2) is 8.24. The van der Waals surface area contributed by atoms with E-state index in [-0.39, 0.29) is 6.47 Å². The van der Waals surface area contributed by atoms with Crippen molar-refractivity contribution >= 4 is 35.6 Å². The monoisotopic (exact) mass is 381 g/mol. The second-order valence-electron chi connectivity index (χ2n) is 6.26. The van der Waals surface area contributed by atoms with Crippen molar-refractivity contribution in [3.05, 3.63) is 41.6 Å². The molecule has 0 spiro atoms. The van der Waals surface area contributed by atoms with Gasteiger partial charge in [0.2, 0.25) is 0 Å². The lowest BCUT2D eigenvalue weighted by atomic mass is 9.72. The Bertz CT molecular complexity index is 1030. The Morgan fingerprint density at radius 2 is 2.00 bits per heavy atom. The summed E-state index contributed by atoms with van der Waals surface area (Å²) >= 11 is 0. The summed E-state index contributed by atoms with van der Waals surface area (Å²) in [5, 5.41) is 26.9. The number of anilines is 1. The molecule has 8 nitrogen and oxygen atoms in total. The van der Waals surface area contributed by atoms with Crippen molar-refractivity contribution < 1.29 is 24.3 Å². The Morgan fingerprint density at radius 1 is 1.25 bits per heavy atom. The number of carboxylic acid groups (broad SMARTS) is 1. The van der Waals surface area contributed by atoms with Crippen molar-refractivity contribution in [3.8, 4) is 16.9 Å². The average Bonchev–Trinajstić information content (AvgIpc) is 2.70. The molecule has 1 aromatic heterocycles. The zero-order valence-corrected chi connectivity index (χ0v) is 15.5. The van der Waals surface area contributed by atoms with E-state index >= 15 is 0 Å². The molecule has 144 valence electrons. The van der Waals surface area contributed by atoms with Crippen LogP contribution in [-0.2, 0) is 15.9 Å². The lowest BCUT2D eigenvalue weighted by molar-refractivity contribution is -0.122. The van der Waals surface area contributed by atoms with Crippen LogP contribution in [-0.4, -0.2) is 47.6 Å². The summed E-state index contributed by atoms with van der Waals surface area (Å²) < 4.78 is 10.9. The molecule has 9 heteroatoms. The quantitative estimate of drug-likeness (QED) is 0.446. The average molecular weight is 381 g/mol. The van der Waals surface area contributed by atoms with Crippen LogP contribution in [0.2, 0.25) is 0 Å². The third-order valence-electron chi connectivity index (χ3n) is 4.68. The number of methoxy groups -OCH3 is 1. The number of benzene rings is 2. The van der Waals surface area contributed by atoms with Gasteiger partial charge in [-0.25, -0.2) is 0 Å². The van der Waals surface area contributed by atoms with E-state index in [1.165, 1.54) is 0 Å². The summed E-state index contributed by atoms with van der Waals surface area (Å²) in [7, 11) is 0.744. The standard InChI is InChI=1S/C18H18BN3O3.CH2O2/c1-10-14-7-11(3-4-13(14)18(20)22-21-10)15-9-16-12(8-17(15)24-2)5-6-25-19(16)23;2-1-3/h3-4,7-9,23H,5-6H2,1-2H3,(H2,20,22);1H,(H,2,3). The normalized spacial score (nSPS) is 12.8. The zero-order valence-electron chi connectivity index (χ0n) is 15.5. The molecule has 1 aliphatic heterocycles. The van der Waals surface area contributed by atoms with Crippen LogP contribution < -0.4 is 15.9 Å². The largest absolute Gasteiger partial charge is 0.496 e. The van der Waals surface area contributed by atoms with Crippen LogP contribution in [0.1, 0.15) is 11.3 Å². The third-order valence-corrected chi connectivity index (χ3v) is 4.68. The van der Waals surface area contributed by atoms with Crippen LogP contribution in [0.15, 0.2) is 30.3 Å². The van der Waals surface area contributed by atoms with Gasteiger partial charge in [0.1, 0.15) is 5.75 Å². The molecule has 4 N–H and O–H groups in total. The fourth-order valence-electron chi connectivity index (χ4n) is 3.32. The van der Waals surface area contributed by atoms with Crippen LogP contribution in [0.5, 0.6) is 5.75 Å². The van der Waals surface area contributed by atoms with Gasteiger partial charge < -0.3 is 25.3 Å². The van der Waals surface area contributed by atoms with Gasteiger partial charge in [-0.2, -0.15) is 5.10 Å². The zero-order chi connectivity index (χ0) is 20.3. The lowest BCUT2D eigenvalue weighted by Gasteiger charge is -2.22. The molecule has 0 bridgehead atoms. The first-order chi connectivity index (χ1) is 13.5. The van der Waals surface area contributed by atoms with E-state index in [2.05, 4.69) is 10.2 Å². The minimum atomic E-state index is -0.905. The van der Waals surface area contributed by atoms with Gasteiger partial charge in [0.05, 0.1) is 12.8 Å². The molecule has 4 rings (SSSR count). The molecule has 28 heavy (non-hydrogen) atoms. The van der Waals surface area contributed by atoms with Crippen LogP contribution in [0.25, 0.3) is 21.9 Å². The van der Waals surface area contributed by atoms with Gasteiger partial charge in [0.25, 0.3) is 6.47 Å². The molecule has 0 saturated heterocycles. The first-order valence-corrected chi connectivity index (χ1v) is 8.61. The maximum atomic E-state index is 10.2. The third kappa shape index (κ3) is 3.62. The molecular weight excluding hydrogens is 361 g/mol. The lowest BCUT2D eigenvalue weighted by Crippen LogP contribution is -2.41. The number of ether oxygens (including phenoxy) is 1. The number of hydrogen-bond acceptors (Lipinski definition) is 7. The molecule has 0 fully saturated rings. The first-order valence-electron chi connectivity index (χ1n) is 8.61. The number of rotatable bonds is 2. The summed E-state index contributed by atoms with van der Waals surface area (Å²) in [6, 6.07) is 9.85. The highest BCUT2D eigenvalue weighted by Gasteiger charge is 2.27. The van der Waals surface area contributed by atoms with Gasteiger partial charge in [-0.15, -0.1) is 5.10 Å². The molecule has 1 aliphatic rings. The fourth-order valence-corrected chi connectivity index (χ4v) is 3.32. The number of nitrogen functional groups attached to an aromatic ring is 1. The summed E-state index contributed by atoms with van der Waals surface area (Å²) in [5.41, 5.74) is 10.4. The van der Waals surface area contributed by atoms with E-state index in [9.17, 15) is 5.02 Å². The maximum absolute atomic E-state index is 10.2. The minimum Gasteiger partial charge on any atom is -0.496 e. The molecule has 2 heterocycles. The van der Waals surface area contributed by atoms with Gasteiger partial charge >= 0.3 is 7.12 Å². The summed E-state index contributed by atoms with van der Waals surface area (Å²) in [6.07, 6.45) is 0.756. The predicted molar refractivity (Wildman–Crippen MR) is 107 cm³/mol. The van der Waals surface area contributed by atoms with Gasteiger partial charge in [-0.1, -0.05) is 12.1 Å². The van der Waals surface area contributed by atoms with Crippen molar-refractivity contribution in [2.24, 2.45) is 0 Å². The summed E-state index contributed by atoms with van der Waals surface area (Å²) in [5.74, 6) is 1.17. The van der Waals surface area contributed by atoms with E-state index in [0.29, 0.717) is 12.4 Å². The molecule has 0 radical (unpaired) electrons. The van der Waals surface area contributed by atoms with E-state index < -0.39 is 7.12 Å². The topological polar surface area (TPSA) is 128 Å². The molecule has 3 aromatic rings. The van der Waals surface area contributed by atoms with Gasteiger partial charge in [0.15, 0.2) is 5.82 Å². The van der Waals surface area contributed by atoms with E-state index in [1.54, 1.807) is 7.11 Å². The minimum absolute atomic E-state index is 0.250. The van der Waals surface area contributed by atoms with Crippen molar-refractivity contribution in [2.45, 2.75) is 13.3 Å². The highest BCUT2D eigenvalue weighted by Crippen LogP contribution is 2.34. The molecule has 0 atom stereocenters. The maximum Gasteiger partial charge on any atom is 0.491 e. The predicted octanol–water partition coefficient (Wildman–Crippen LogP) is 1.16. The van der Waals surface area contributed by atoms with Crippen LogP contribution in [0, 0.1) is 6.92 Å². The van der Waals surface area contributed by atoms with Crippen molar-refractivity contribution in [2.75, 3.05) is 19.5 Å².